The summed E-state index contributed by atoms with van der Waals surface area (Å²) in [6.45, 7) is 2.23. The first-order valence-electron chi connectivity index (χ1n) is 11.5. The number of hydrogen-bond acceptors (Lipinski definition) is 4. The molecule has 5 rings (SSSR count). The van der Waals surface area contributed by atoms with Gasteiger partial charge in [0.15, 0.2) is 0 Å². The smallest absolute Gasteiger partial charge is 0.303 e. The van der Waals surface area contributed by atoms with E-state index in [0.29, 0.717) is 19.5 Å². The molecule has 1 aliphatic carbocycles. The number of carbonyl (C=O) groups excluding carboxylic acids is 1. The number of aliphatic carboxylic acids is 1. The lowest BCUT2D eigenvalue weighted by Gasteiger charge is -2.45. The molecule has 3 heterocycles. The normalized spacial score (nSPS) is 22.0. The number of amides is 1. The van der Waals surface area contributed by atoms with Gasteiger partial charge in [-0.25, -0.2) is 0 Å². The first-order chi connectivity index (χ1) is 14.9. The second-order valence-corrected chi connectivity index (χ2v) is 9.80. The number of phenolic OH excluding ortho intramolecular Hbond substituents is 1. The summed E-state index contributed by atoms with van der Waals surface area (Å²) >= 11 is 0. The zero-order valence-electron chi connectivity index (χ0n) is 17.9. The van der Waals surface area contributed by atoms with Crippen LogP contribution < -0.4 is 5.32 Å². The zero-order chi connectivity index (χ0) is 21.6. The third kappa shape index (κ3) is 3.59. The fraction of sp³-hybridized carbons (Fsp3) is 0.583. The molecule has 31 heavy (non-hydrogen) atoms. The lowest BCUT2D eigenvalue weighted by atomic mass is 9.77. The number of nitrogens with one attached hydrogen (secondary N) is 2. The van der Waals surface area contributed by atoms with Crippen molar-refractivity contribution in [2.75, 3.05) is 19.6 Å². The summed E-state index contributed by atoms with van der Waals surface area (Å²) in [7, 11) is 0. The number of likely N-dealkylation sites (tertiary alicyclic amines) is 1. The summed E-state index contributed by atoms with van der Waals surface area (Å²) in [6, 6.07) is 5.48. The Labute approximate surface area is 181 Å². The number of nitrogens with zero attached hydrogens (tertiary/aromatic N) is 1. The van der Waals surface area contributed by atoms with E-state index < -0.39 is 5.97 Å². The van der Waals surface area contributed by atoms with Gasteiger partial charge in [0, 0.05) is 42.7 Å². The average molecular weight is 426 g/mol. The molecule has 7 nitrogen and oxygen atoms in total. The summed E-state index contributed by atoms with van der Waals surface area (Å²) < 4.78 is 0. The van der Waals surface area contributed by atoms with Gasteiger partial charge in [-0.05, 0) is 61.3 Å². The van der Waals surface area contributed by atoms with Gasteiger partial charge in [0.2, 0.25) is 5.91 Å². The van der Waals surface area contributed by atoms with Crippen molar-refractivity contribution in [3.8, 4) is 5.75 Å². The summed E-state index contributed by atoms with van der Waals surface area (Å²) in [5, 5.41) is 24.1. The lowest BCUT2D eigenvalue weighted by molar-refractivity contribution is -0.142. The van der Waals surface area contributed by atoms with Crippen LogP contribution in [-0.4, -0.2) is 51.6 Å². The van der Waals surface area contributed by atoms with Crippen LogP contribution >= 0.6 is 0 Å². The molecule has 1 aromatic carbocycles. The van der Waals surface area contributed by atoms with E-state index in [1.807, 2.05) is 17.0 Å². The Balaban J connectivity index is 1.32. The van der Waals surface area contributed by atoms with Crippen molar-refractivity contribution in [3.63, 3.8) is 0 Å². The van der Waals surface area contributed by atoms with Crippen LogP contribution in [0.25, 0.3) is 10.9 Å². The van der Waals surface area contributed by atoms with Gasteiger partial charge in [-0.1, -0.05) is 12.8 Å². The molecule has 1 saturated carbocycles. The second kappa shape index (κ2) is 7.55. The van der Waals surface area contributed by atoms with E-state index in [1.165, 1.54) is 11.3 Å². The molecule has 4 N–H and O–H groups in total. The number of piperidine rings is 1. The van der Waals surface area contributed by atoms with Crippen LogP contribution in [0.1, 0.15) is 62.6 Å². The predicted octanol–water partition coefficient (Wildman–Crippen LogP) is 3.26. The van der Waals surface area contributed by atoms with Crippen molar-refractivity contribution >= 4 is 22.8 Å². The van der Waals surface area contributed by atoms with Crippen molar-refractivity contribution < 1.29 is 19.8 Å². The van der Waals surface area contributed by atoms with E-state index in [9.17, 15) is 19.8 Å². The van der Waals surface area contributed by atoms with Crippen LogP contribution in [0.15, 0.2) is 18.2 Å². The maximum atomic E-state index is 13.1. The molecular formula is C24H31N3O4. The predicted molar refractivity (Wildman–Crippen MR) is 117 cm³/mol. The maximum absolute atomic E-state index is 13.1. The molecule has 0 bridgehead atoms. The highest BCUT2D eigenvalue weighted by atomic mass is 16.4. The Bertz CT molecular complexity index is 1010. The summed E-state index contributed by atoms with van der Waals surface area (Å²) in [4.78, 5) is 30.0. The van der Waals surface area contributed by atoms with Crippen molar-refractivity contribution in [2.45, 2.75) is 63.3 Å². The van der Waals surface area contributed by atoms with Crippen LogP contribution in [0.5, 0.6) is 5.75 Å². The third-order valence-corrected chi connectivity index (χ3v) is 7.89. The molecule has 0 unspecified atom stereocenters. The van der Waals surface area contributed by atoms with Crippen LogP contribution in [0.4, 0.5) is 0 Å². The molecule has 2 aromatic rings. The molecule has 1 aromatic heterocycles. The molecule has 1 amide bonds. The summed E-state index contributed by atoms with van der Waals surface area (Å²) in [5.41, 5.74) is 2.99. The highest BCUT2D eigenvalue weighted by molar-refractivity contribution is 5.87. The highest BCUT2D eigenvalue weighted by Crippen LogP contribution is 2.45. The van der Waals surface area contributed by atoms with Crippen molar-refractivity contribution in [1.29, 1.82) is 0 Å². The number of carboxylic acids is 1. The lowest BCUT2D eigenvalue weighted by Crippen LogP contribution is -2.55. The Morgan fingerprint density at radius 2 is 1.81 bits per heavy atom. The van der Waals surface area contributed by atoms with Gasteiger partial charge in [-0.3, -0.25) is 9.59 Å². The number of aromatic nitrogens is 1. The molecule has 3 aliphatic rings. The Morgan fingerprint density at radius 3 is 2.52 bits per heavy atom. The van der Waals surface area contributed by atoms with Crippen LogP contribution in [0, 0.1) is 5.41 Å². The molecule has 0 atom stereocenters. The first-order valence-corrected chi connectivity index (χ1v) is 11.5. The van der Waals surface area contributed by atoms with Gasteiger partial charge in [0.1, 0.15) is 5.75 Å². The minimum Gasteiger partial charge on any atom is -0.508 e. The van der Waals surface area contributed by atoms with Crippen LogP contribution in [0.2, 0.25) is 0 Å². The van der Waals surface area contributed by atoms with E-state index >= 15 is 0 Å². The van der Waals surface area contributed by atoms with Crippen molar-refractivity contribution in [1.82, 2.24) is 15.2 Å². The molecule has 1 saturated heterocycles. The maximum Gasteiger partial charge on any atom is 0.303 e. The molecular weight excluding hydrogens is 394 g/mol. The molecule has 0 radical (unpaired) electrons. The molecule has 2 aliphatic heterocycles. The Morgan fingerprint density at radius 1 is 1.06 bits per heavy atom. The minimum absolute atomic E-state index is 0.101. The molecule has 7 heteroatoms. The third-order valence-electron chi connectivity index (χ3n) is 7.89. The first kappa shape index (κ1) is 20.4. The number of carbonyl (C=O) groups is 2. The van der Waals surface area contributed by atoms with E-state index in [4.69, 9.17) is 0 Å². The Hall–Kier alpha value is -2.54. The van der Waals surface area contributed by atoms with Crippen LogP contribution in [0.3, 0.4) is 0 Å². The number of benzene rings is 1. The molecule has 1 spiro atoms. The van der Waals surface area contributed by atoms with Crippen LogP contribution in [-0.2, 0) is 21.5 Å². The van der Waals surface area contributed by atoms with Gasteiger partial charge in [0.25, 0.3) is 0 Å². The number of carboxylic acid groups (broad SMARTS) is 1. The highest BCUT2D eigenvalue weighted by Gasteiger charge is 2.44. The zero-order valence-corrected chi connectivity index (χ0v) is 17.9. The quantitative estimate of drug-likeness (QED) is 0.602. The second-order valence-electron chi connectivity index (χ2n) is 9.80. The van der Waals surface area contributed by atoms with Gasteiger partial charge in [-0.15, -0.1) is 0 Å². The topological polar surface area (TPSA) is 106 Å². The largest absolute Gasteiger partial charge is 0.508 e. The number of aromatic hydroxyl groups is 1. The average Bonchev–Trinajstić information content (AvgIpc) is 3.33. The minimum atomic E-state index is -0.795. The monoisotopic (exact) mass is 425 g/mol. The molecule has 2 fully saturated rings. The van der Waals surface area contributed by atoms with Crippen molar-refractivity contribution in [2.24, 2.45) is 5.41 Å². The van der Waals surface area contributed by atoms with E-state index in [-0.39, 0.29) is 29.0 Å². The van der Waals surface area contributed by atoms with Crippen molar-refractivity contribution in [3.05, 3.63) is 29.5 Å². The number of rotatable bonds is 4. The number of H-pyrrole nitrogens is 1. The number of phenols is 1. The Kier molecular flexibility index (Phi) is 4.96. The number of fused-ring (bicyclic) bond motifs is 4. The van der Waals surface area contributed by atoms with Gasteiger partial charge < -0.3 is 25.4 Å². The van der Waals surface area contributed by atoms with E-state index in [2.05, 4.69) is 10.3 Å². The van der Waals surface area contributed by atoms with Gasteiger partial charge in [-0.2, -0.15) is 0 Å². The fourth-order valence-electron chi connectivity index (χ4n) is 6.28. The van der Waals surface area contributed by atoms with Gasteiger partial charge in [0.05, 0.1) is 12.0 Å². The molecule has 166 valence electrons. The summed E-state index contributed by atoms with van der Waals surface area (Å²) in [5.74, 6) is -0.406. The van der Waals surface area contributed by atoms with E-state index in [0.717, 1.165) is 62.4 Å². The number of hydrogen-bond donors (Lipinski definition) is 4. The SMILES string of the molecule is O=C(O)CC1(CC(=O)N2CCC3(CC2)NCCc2c3[nH]c3ccc(O)cc23)CCCC1. The fourth-order valence-corrected chi connectivity index (χ4v) is 6.28. The summed E-state index contributed by atoms with van der Waals surface area (Å²) in [6.07, 6.45) is 6.76. The standard InChI is InChI=1S/C24H31N3O4/c28-16-3-4-19-18(13-16)17-5-10-25-24(22(17)26-19)8-11-27(12-9-24)20(29)14-23(15-21(30)31)6-1-2-7-23/h3-4,13,25-26,28H,1-2,5-12,14-15H2,(H,30,31). The number of aromatic amines is 1. The van der Waals surface area contributed by atoms with Gasteiger partial charge >= 0.3 is 5.97 Å². The van der Waals surface area contributed by atoms with E-state index in [1.54, 1.807) is 6.07 Å².